The van der Waals surface area contributed by atoms with Crippen LogP contribution in [-0.4, -0.2) is 0 Å². The van der Waals surface area contributed by atoms with Crippen LogP contribution in [0.5, 0.6) is 0 Å². The molecule has 0 radical (unpaired) electrons. The Balaban J connectivity index is 0.986. The van der Waals surface area contributed by atoms with Crippen molar-refractivity contribution in [3.8, 4) is 66.8 Å². The molecule has 304 valence electrons. The van der Waals surface area contributed by atoms with Crippen molar-refractivity contribution < 1.29 is 0 Å². The van der Waals surface area contributed by atoms with E-state index in [1.807, 2.05) is 0 Å². The molecule has 65 heavy (non-hydrogen) atoms. The number of benzene rings is 12. The summed E-state index contributed by atoms with van der Waals surface area (Å²) in [5, 5.41) is 12.6. The first kappa shape index (κ1) is 37.5. The minimum absolute atomic E-state index is 0.0737. The maximum atomic E-state index is 2.47. The molecule has 12 aromatic rings. The zero-order chi connectivity index (χ0) is 43.2. The van der Waals surface area contributed by atoms with Crippen molar-refractivity contribution in [2.24, 2.45) is 0 Å². The van der Waals surface area contributed by atoms with E-state index in [1.165, 1.54) is 132 Å². The molecular weight excluding hydrogens is 781 g/mol. The fourth-order valence-corrected chi connectivity index (χ4v) is 11.4. The molecule has 0 nitrogen and oxygen atoms in total. The van der Waals surface area contributed by atoms with E-state index in [2.05, 4.69) is 244 Å². The van der Waals surface area contributed by atoms with Crippen molar-refractivity contribution in [3.63, 3.8) is 0 Å². The Bertz CT molecular complexity index is 3820. The largest absolute Gasteiger partial charge is 0.0622 e. The van der Waals surface area contributed by atoms with Crippen LogP contribution in [-0.2, 0) is 5.41 Å². The summed E-state index contributed by atoms with van der Waals surface area (Å²) in [6.45, 7) is 4.74. The second-order valence-electron chi connectivity index (χ2n) is 18.3. The van der Waals surface area contributed by atoms with Crippen LogP contribution in [0.25, 0.3) is 121 Å². The van der Waals surface area contributed by atoms with E-state index < -0.39 is 0 Å². The molecule has 0 atom stereocenters. The molecule has 0 aliphatic heterocycles. The SMILES string of the molecule is CC1(C)c2ccccc2-c2ccc(-c3c4ccccc4c(-c4ccc(-c5ccc6c(-c7ccccc7)c7ccccc7c(-c7cccc8ccccc78)c6c5)cc4)c4ccccc34)cc21. The molecule has 0 heteroatoms. The van der Waals surface area contributed by atoms with Crippen molar-refractivity contribution in [3.05, 3.63) is 242 Å². The molecule has 12 aromatic carbocycles. The van der Waals surface area contributed by atoms with E-state index in [1.54, 1.807) is 0 Å². The fraction of sp³-hybridized carbons (Fsp3) is 0.0462. The summed E-state index contributed by atoms with van der Waals surface area (Å²) in [4.78, 5) is 0. The molecular formula is C65H44. The smallest absolute Gasteiger partial charge is 0.0159 e. The molecule has 0 unspecified atom stereocenters. The molecule has 0 aromatic heterocycles. The molecule has 0 fully saturated rings. The van der Waals surface area contributed by atoms with Crippen LogP contribution in [0.1, 0.15) is 25.0 Å². The van der Waals surface area contributed by atoms with Gasteiger partial charge in [-0.1, -0.05) is 232 Å². The number of hydrogen-bond acceptors (Lipinski definition) is 0. The first-order valence-corrected chi connectivity index (χ1v) is 22.8. The van der Waals surface area contributed by atoms with Gasteiger partial charge in [-0.15, -0.1) is 0 Å². The van der Waals surface area contributed by atoms with E-state index in [4.69, 9.17) is 0 Å². The van der Waals surface area contributed by atoms with Crippen LogP contribution in [0.4, 0.5) is 0 Å². The average Bonchev–Trinajstić information content (AvgIpc) is 3.59. The predicted molar refractivity (Wildman–Crippen MR) is 279 cm³/mol. The first-order valence-electron chi connectivity index (χ1n) is 22.8. The lowest BCUT2D eigenvalue weighted by Crippen LogP contribution is -2.14. The molecule has 0 saturated heterocycles. The molecule has 0 N–H and O–H groups in total. The third-order valence-corrected chi connectivity index (χ3v) is 14.5. The Morgan fingerprint density at radius 2 is 0.662 bits per heavy atom. The van der Waals surface area contributed by atoms with Gasteiger partial charge in [0.1, 0.15) is 0 Å². The Hall–Kier alpha value is -8.06. The highest BCUT2D eigenvalue weighted by Gasteiger charge is 2.35. The lowest BCUT2D eigenvalue weighted by Gasteiger charge is -2.23. The van der Waals surface area contributed by atoms with Crippen LogP contribution in [0, 0.1) is 0 Å². The van der Waals surface area contributed by atoms with E-state index in [0.29, 0.717) is 0 Å². The summed E-state index contributed by atoms with van der Waals surface area (Å²) >= 11 is 0. The van der Waals surface area contributed by atoms with Gasteiger partial charge in [-0.3, -0.25) is 0 Å². The van der Waals surface area contributed by atoms with Gasteiger partial charge in [-0.25, -0.2) is 0 Å². The Morgan fingerprint density at radius 1 is 0.231 bits per heavy atom. The topological polar surface area (TPSA) is 0 Å². The van der Waals surface area contributed by atoms with Gasteiger partial charge in [0.25, 0.3) is 0 Å². The lowest BCUT2D eigenvalue weighted by atomic mass is 9.80. The van der Waals surface area contributed by atoms with Gasteiger partial charge in [-0.05, 0) is 144 Å². The summed E-state index contributed by atoms with van der Waals surface area (Å²) in [6, 6.07) is 86.0. The Kier molecular flexibility index (Phi) is 8.36. The first-order chi connectivity index (χ1) is 32.0. The van der Waals surface area contributed by atoms with E-state index in [0.717, 1.165) is 0 Å². The summed E-state index contributed by atoms with van der Waals surface area (Å²) in [5.41, 5.74) is 17.9. The van der Waals surface area contributed by atoms with Gasteiger partial charge >= 0.3 is 0 Å². The quantitative estimate of drug-likeness (QED) is 0.152. The minimum Gasteiger partial charge on any atom is -0.0622 e. The monoisotopic (exact) mass is 824 g/mol. The molecule has 0 bridgehead atoms. The van der Waals surface area contributed by atoms with Crippen molar-refractivity contribution in [1.82, 2.24) is 0 Å². The fourth-order valence-electron chi connectivity index (χ4n) is 11.4. The highest BCUT2D eigenvalue weighted by atomic mass is 14.4. The second kappa shape index (κ2) is 14.5. The Morgan fingerprint density at radius 3 is 1.32 bits per heavy atom. The molecule has 0 heterocycles. The molecule has 13 rings (SSSR count). The molecule has 1 aliphatic rings. The van der Waals surface area contributed by atoms with Gasteiger partial charge in [0.15, 0.2) is 0 Å². The number of fused-ring (bicyclic) bond motifs is 8. The second-order valence-corrected chi connectivity index (χ2v) is 18.3. The molecule has 0 spiro atoms. The highest BCUT2D eigenvalue weighted by Crippen LogP contribution is 2.52. The van der Waals surface area contributed by atoms with Crippen LogP contribution >= 0.6 is 0 Å². The van der Waals surface area contributed by atoms with Gasteiger partial charge < -0.3 is 0 Å². The van der Waals surface area contributed by atoms with Gasteiger partial charge in [-0.2, -0.15) is 0 Å². The third kappa shape index (κ3) is 5.70. The number of rotatable bonds is 5. The number of hydrogen-bond donors (Lipinski definition) is 0. The highest BCUT2D eigenvalue weighted by molar-refractivity contribution is 6.24. The molecule has 0 saturated carbocycles. The van der Waals surface area contributed by atoms with Gasteiger partial charge in [0.05, 0.1) is 0 Å². The van der Waals surface area contributed by atoms with Crippen molar-refractivity contribution >= 4 is 53.9 Å². The maximum absolute atomic E-state index is 2.47. The molecule has 1 aliphatic carbocycles. The average molecular weight is 825 g/mol. The standard InChI is InChI=1S/C65H44/c1-65(2)59-30-15-14-22-48(59)49-37-36-46(40-60(49)65)63-53-25-10-8-23-51(53)62(52-24-9-11-26-54(52)63)44-33-31-41(32-34-44)45-35-38-57-58(39-45)64(50-29-16-20-42-17-6-7-21-47(42)50)56-28-13-12-27-55(56)61(57)43-18-4-3-5-19-43/h3-40H,1-2H3. The van der Waals surface area contributed by atoms with Crippen molar-refractivity contribution in [2.45, 2.75) is 19.3 Å². The normalized spacial score (nSPS) is 12.9. The van der Waals surface area contributed by atoms with Crippen LogP contribution in [0.2, 0.25) is 0 Å². The lowest BCUT2D eigenvalue weighted by molar-refractivity contribution is 0.660. The zero-order valence-corrected chi connectivity index (χ0v) is 36.4. The Labute approximate surface area is 379 Å². The van der Waals surface area contributed by atoms with Crippen molar-refractivity contribution in [1.29, 1.82) is 0 Å². The molecule has 0 amide bonds. The summed E-state index contributed by atoms with van der Waals surface area (Å²) < 4.78 is 0. The van der Waals surface area contributed by atoms with Gasteiger partial charge in [0, 0.05) is 5.41 Å². The minimum atomic E-state index is -0.0737. The van der Waals surface area contributed by atoms with E-state index in [-0.39, 0.29) is 5.41 Å². The summed E-state index contributed by atoms with van der Waals surface area (Å²) in [7, 11) is 0. The van der Waals surface area contributed by atoms with Crippen molar-refractivity contribution in [2.75, 3.05) is 0 Å². The predicted octanol–water partition coefficient (Wildman–Crippen LogP) is 18.1. The van der Waals surface area contributed by atoms with E-state index >= 15 is 0 Å². The zero-order valence-electron chi connectivity index (χ0n) is 36.4. The van der Waals surface area contributed by atoms with Gasteiger partial charge in [0.2, 0.25) is 0 Å². The maximum Gasteiger partial charge on any atom is 0.0159 e. The summed E-state index contributed by atoms with van der Waals surface area (Å²) in [6.07, 6.45) is 0. The van der Waals surface area contributed by atoms with Crippen LogP contribution in [0.15, 0.2) is 231 Å². The van der Waals surface area contributed by atoms with E-state index in [9.17, 15) is 0 Å². The summed E-state index contributed by atoms with van der Waals surface area (Å²) in [5.74, 6) is 0. The van der Waals surface area contributed by atoms with Crippen LogP contribution < -0.4 is 0 Å². The van der Waals surface area contributed by atoms with Crippen LogP contribution in [0.3, 0.4) is 0 Å². The third-order valence-electron chi connectivity index (χ3n) is 14.5.